The molecular weight excluding hydrogens is 334 g/mol. The van der Waals surface area contributed by atoms with E-state index in [0.29, 0.717) is 18.6 Å². The van der Waals surface area contributed by atoms with Crippen LogP contribution in [0.2, 0.25) is 0 Å². The lowest BCUT2D eigenvalue weighted by molar-refractivity contribution is -0.122. The molecule has 1 N–H and O–H groups in total. The molecule has 1 amide bonds. The predicted molar refractivity (Wildman–Crippen MR) is 101 cm³/mol. The van der Waals surface area contributed by atoms with Crippen molar-refractivity contribution in [2.75, 3.05) is 24.6 Å². The zero-order valence-electron chi connectivity index (χ0n) is 14.4. The molecule has 0 aliphatic carbocycles. The number of anilines is 1. The molecule has 4 rings (SSSR count). The van der Waals surface area contributed by atoms with E-state index in [1.54, 1.807) is 11.3 Å². The molecule has 25 heavy (non-hydrogen) atoms. The fraction of sp³-hybridized carbons (Fsp3) is 0.579. The van der Waals surface area contributed by atoms with E-state index in [1.165, 1.54) is 4.70 Å². The molecule has 2 saturated heterocycles. The van der Waals surface area contributed by atoms with Gasteiger partial charge in [0.05, 0.1) is 16.3 Å². The van der Waals surface area contributed by atoms with Crippen molar-refractivity contribution in [3.8, 4) is 0 Å². The summed E-state index contributed by atoms with van der Waals surface area (Å²) in [5.41, 5.74) is 1.08. The number of hydrogen-bond acceptors (Lipinski definition) is 5. The maximum Gasteiger partial charge on any atom is 0.220 e. The van der Waals surface area contributed by atoms with Crippen LogP contribution >= 0.6 is 11.3 Å². The zero-order chi connectivity index (χ0) is 17.1. The van der Waals surface area contributed by atoms with E-state index in [4.69, 9.17) is 9.72 Å². The van der Waals surface area contributed by atoms with E-state index in [0.717, 1.165) is 62.4 Å². The van der Waals surface area contributed by atoms with Gasteiger partial charge in [-0.1, -0.05) is 23.5 Å². The Morgan fingerprint density at radius 1 is 1.28 bits per heavy atom. The summed E-state index contributed by atoms with van der Waals surface area (Å²) in [4.78, 5) is 19.2. The first-order valence-corrected chi connectivity index (χ1v) is 10.1. The number of nitrogens with zero attached hydrogens (tertiary/aromatic N) is 2. The largest absolute Gasteiger partial charge is 0.378 e. The SMILES string of the molecule is O=C(CCC1CCCO1)NC1CCN(c2nc3ccccc3s2)CC1. The van der Waals surface area contributed by atoms with Gasteiger partial charge in [0.2, 0.25) is 5.91 Å². The normalized spacial score (nSPS) is 21.8. The van der Waals surface area contributed by atoms with Gasteiger partial charge in [-0.3, -0.25) is 4.79 Å². The molecule has 1 unspecified atom stereocenters. The fourth-order valence-corrected chi connectivity index (χ4v) is 4.69. The number of para-hydroxylation sites is 1. The number of fused-ring (bicyclic) bond motifs is 1. The molecule has 0 bridgehead atoms. The smallest absolute Gasteiger partial charge is 0.220 e. The lowest BCUT2D eigenvalue weighted by atomic mass is 10.0. The minimum Gasteiger partial charge on any atom is -0.378 e. The molecule has 5 nitrogen and oxygen atoms in total. The Bertz CT molecular complexity index is 685. The lowest BCUT2D eigenvalue weighted by Crippen LogP contribution is -2.44. The average Bonchev–Trinajstić information content (AvgIpc) is 3.30. The van der Waals surface area contributed by atoms with Crippen molar-refractivity contribution in [1.29, 1.82) is 0 Å². The van der Waals surface area contributed by atoms with Gasteiger partial charge in [-0.05, 0) is 44.2 Å². The van der Waals surface area contributed by atoms with Crippen molar-refractivity contribution >= 4 is 32.6 Å². The topological polar surface area (TPSA) is 54.5 Å². The van der Waals surface area contributed by atoms with Crippen LogP contribution < -0.4 is 10.2 Å². The van der Waals surface area contributed by atoms with Crippen molar-refractivity contribution < 1.29 is 9.53 Å². The van der Waals surface area contributed by atoms with Crippen LogP contribution in [0, 0.1) is 0 Å². The molecule has 6 heteroatoms. The second kappa shape index (κ2) is 7.70. The van der Waals surface area contributed by atoms with Crippen molar-refractivity contribution in [1.82, 2.24) is 10.3 Å². The van der Waals surface area contributed by atoms with Crippen molar-refractivity contribution in [2.24, 2.45) is 0 Å². The van der Waals surface area contributed by atoms with Crippen LogP contribution in [0.25, 0.3) is 10.2 Å². The van der Waals surface area contributed by atoms with Gasteiger partial charge in [0.25, 0.3) is 0 Å². The van der Waals surface area contributed by atoms with Crippen molar-refractivity contribution in [3.05, 3.63) is 24.3 Å². The molecule has 134 valence electrons. The summed E-state index contributed by atoms with van der Waals surface area (Å²) in [6.45, 7) is 2.77. The average molecular weight is 359 g/mol. The first kappa shape index (κ1) is 16.8. The number of nitrogens with one attached hydrogen (secondary N) is 1. The Morgan fingerprint density at radius 3 is 2.88 bits per heavy atom. The van der Waals surface area contributed by atoms with Crippen LogP contribution in [0.15, 0.2) is 24.3 Å². The minimum atomic E-state index is 0.175. The van der Waals surface area contributed by atoms with E-state index in [2.05, 4.69) is 28.4 Å². The quantitative estimate of drug-likeness (QED) is 0.890. The third-order valence-corrected chi connectivity index (χ3v) is 6.23. The standard InChI is InChI=1S/C19H25N3O2S/c23-18(8-7-15-4-3-13-24-15)20-14-9-11-22(12-10-14)19-21-16-5-1-2-6-17(16)25-19/h1-2,5-6,14-15H,3-4,7-13H2,(H,20,23). The first-order chi connectivity index (χ1) is 12.3. The van der Waals surface area contributed by atoms with Crippen LogP contribution in [0.4, 0.5) is 5.13 Å². The number of rotatable bonds is 5. The molecule has 0 radical (unpaired) electrons. The van der Waals surface area contributed by atoms with Crippen molar-refractivity contribution in [2.45, 2.75) is 50.7 Å². The molecule has 0 spiro atoms. The third-order valence-electron chi connectivity index (χ3n) is 5.13. The summed E-state index contributed by atoms with van der Waals surface area (Å²) in [6, 6.07) is 8.57. The van der Waals surface area contributed by atoms with E-state index < -0.39 is 0 Å². The molecule has 2 fully saturated rings. The number of ether oxygens (including phenoxy) is 1. The summed E-state index contributed by atoms with van der Waals surface area (Å²) in [5, 5.41) is 4.30. The Kier molecular flexibility index (Phi) is 5.17. The maximum atomic E-state index is 12.1. The highest BCUT2D eigenvalue weighted by atomic mass is 32.1. The van der Waals surface area contributed by atoms with Gasteiger partial charge < -0.3 is 15.0 Å². The Balaban J connectivity index is 1.24. The fourth-order valence-electron chi connectivity index (χ4n) is 3.67. The summed E-state index contributed by atoms with van der Waals surface area (Å²) >= 11 is 1.75. The number of hydrogen-bond donors (Lipinski definition) is 1. The summed E-state index contributed by atoms with van der Waals surface area (Å²) in [6.07, 6.45) is 5.96. The first-order valence-electron chi connectivity index (χ1n) is 9.29. The van der Waals surface area contributed by atoms with Crippen LogP contribution in [0.5, 0.6) is 0 Å². The van der Waals surface area contributed by atoms with E-state index in [9.17, 15) is 4.79 Å². The summed E-state index contributed by atoms with van der Waals surface area (Å²) < 4.78 is 6.83. The zero-order valence-corrected chi connectivity index (χ0v) is 15.3. The van der Waals surface area contributed by atoms with Gasteiger partial charge in [-0.2, -0.15) is 0 Å². The minimum absolute atomic E-state index is 0.175. The van der Waals surface area contributed by atoms with Crippen LogP contribution in [-0.2, 0) is 9.53 Å². The predicted octanol–water partition coefficient (Wildman–Crippen LogP) is 3.34. The maximum absolute atomic E-state index is 12.1. The van der Waals surface area contributed by atoms with Gasteiger partial charge in [-0.15, -0.1) is 0 Å². The number of benzene rings is 1. The molecule has 2 aromatic rings. The second-order valence-electron chi connectivity index (χ2n) is 6.97. The highest BCUT2D eigenvalue weighted by Crippen LogP contribution is 2.30. The monoisotopic (exact) mass is 359 g/mol. The second-order valence-corrected chi connectivity index (χ2v) is 7.98. The molecule has 1 aromatic carbocycles. The molecular formula is C19H25N3O2S. The number of carbonyl (C=O) groups is 1. The number of piperidine rings is 1. The van der Waals surface area contributed by atoms with Gasteiger partial charge in [0, 0.05) is 32.2 Å². The molecule has 2 aliphatic rings. The molecule has 2 aliphatic heterocycles. The number of thiazole rings is 1. The van der Waals surface area contributed by atoms with Gasteiger partial charge >= 0.3 is 0 Å². The number of aromatic nitrogens is 1. The Morgan fingerprint density at radius 2 is 2.12 bits per heavy atom. The van der Waals surface area contributed by atoms with Crippen molar-refractivity contribution in [3.63, 3.8) is 0 Å². The molecule has 1 atom stereocenters. The summed E-state index contributed by atoms with van der Waals surface area (Å²) in [7, 11) is 0. The number of carbonyl (C=O) groups excluding carboxylic acids is 1. The van der Waals surface area contributed by atoms with Gasteiger partial charge in [-0.25, -0.2) is 4.98 Å². The van der Waals surface area contributed by atoms with Crippen LogP contribution in [-0.4, -0.2) is 42.7 Å². The van der Waals surface area contributed by atoms with E-state index in [1.807, 2.05) is 6.07 Å². The van der Waals surface area contributed by atoms with Crippen LogP contribution in [0.1, 0.15) is 38.5 Å². The lowest BCUT2D eigenvalue weighted by Gasteiger charge is -2.32. The molecule has 0 saturated carbocycles. The Labute approximate surface area is 152 Å². The van der Waals surface area contributed by atoms with E-state index in [-0.39, 0.29) is 5.91 Å². The van der Waals surface area contributed by atoms with Gasteiger partial charge in [0.1, 0.15) is 0 Å². The van der Waals surface area contributed by atoms with Crippen LogP contribution in [0.3, 0.4) is 0 Å². The third kappa shape index (κ3) is 4.12. The number of amides is 1. The highest BCUT2D eigenvalue weighted by molar-refractivity contribution is 7.22. The highest BCUT2D eigenvalue weighted by Gasteiger charge is 2.23. The van der Waals surface area contributed by atoms with Gasteiger partial charge in [0.15, 0.2) is 5.13 Å². The molecule has 1 aromatic heterocycles. The molecule has 3 heterocycles. The summed E-state index contributed by atoms with van der Waals surface area (Å²) in [5.74, 6) is 0.175. The Hall–Kier alpha value is -1.66. The van der Waals surface area contributed by atoms with E-state index >= 15 is 0 Å².